The van der Waals surface area contributed by atoms with Crippen LogP contribution < -0.4 is 9.70 Å². The smallest absolute Gasteiger partial charge is 0.279 e. The fourth-order valence-corrected chi connectivity index (χ4v) is 4.35. The number of anilines is 1. The van der Waals surface area contributed by atoms with E-state index in [0.717, 1.165) is 31.7 Å². The van der Waals surface area contributed by atoms with Crippen molar-refractivity contribution in [3.8, 4) is 0 Å². The van der Waals surface area contributed by atoms with Crippen molar-refractivity contribution in [2.45, 2.75) is 13.5 Å². The van der Waals surface area contributed by atoms with E-state index in [1.165, 1.54) is 11.3 Å². The van der Waals surface area contributed by atoms with Crippen molar-refractivity contribution in [3.63, 3.8) is 0 Å². The number of fused-ring (bicyclic) bond motifs is 1. The van der Waals surface area contributed by atoms with Gasteiger partial charge in [0.2, 0.25) is 0 Å². The molecule has 0 saturated carbocycles. The van der Waals surface area contributed by atoms with Crippen molar-refractivity contribution in [3.05, 3.63) is 57.3 Å². The number of rotatable bonds is 3. The molecule has 0 N–H and O–H groups in total. The molecule has 3 aromatic rings. The number of hydrogen-bond donors (Lipinski definition) is 0. The highest BCUT2D eigenvalue weighted by Gasteiger charge is 2.10. The Balaban J connectivity index is 2.06. The summed E-state index contributed by atoms with van der Waals surface area (Å²) < 4.78 is 4.19. The van der Waals surface area contributed by atoms with Gasteiger partial charge in [0, 0.05) is 36.4 Å². The number of amides is 1. The van der Waals surface area contributed by atoms with E-state index in [2.05, 4.69) is 32.4 Å². The molecule has 3 rings (SSSR count). The van der Waals surface area contributed by atoms with Gasteiger partial charge in [-0.1, -0.05) is 17.4 Å². The molecule has 24 heavy (non-hydrogen) atoms. The van der Waals surface area contributed by atoms with Crippen LogP contribution in [0, 0.1) is 0 Å². The third-order valence-electron chi connectivity index (χ3n) is 3.80. The van der Waals surface area contributed by atoms with E-state index < -0.39 is 0 Å². The molecule has 1 amide bonds. The van der Waals surface area contributed by atoms with Crippen LogP contribution in [0.15, 0.2) is 51.9 Å². The second-order valence-corrected chi connectivity index (χ2v) is 7.44. The van der Waals surface area contributed by atoms with Crippen LogP contribution in [0.1, 0.15) is 17.3 Å². The molecule has 0 aliphatic rings. The van der Waals surface area contributed by atoms with Gasteiger partial charge in [0.05, 0.1) is 10.2 Å². The van der Waals surface area contributed by atoms with Crippen LogP contribution in [-0.2, 0) is 6.54 Å². The summed E-state index contributed by atoms with van der Waals surface area (Å²) in [6, 6.07) is 13.5. The fraction of sp³-hybridized carbons (Fsp3) is 0.222. The van der Waals surface area contributed by atoms with Crippen LogP contribution in [0.25, 0.3) is 10.2 Å². The Kier molecular flexibility index (Phi) is 4.87. The predicted octanol–water partition coefficient (Wildman–Crippen LogP) is 4.29. The topological polar surface area (TPSA) is 37.6 Å². The number of carbonyl (C=O) groups excluding carboxylic acids is 1. The maximum absolute atomic E-state index is 12.5. The first kappa shape index (κ1) is 16.9. The van der Waals surface area contributed by atoms with E-state index >= 15 is 0 Å². The maximum atomic E-state index is 12.5. The highest BCUT2D eigenvalue weighted by atomic mass is 79.9. The zero-order valence-corrected chi connectivity index (χ0v) is 16.2. The van der Waals surface area contributed by atoms with Crippen LogP contribution in [-0.4, -0.2) is 24.6 Å². The maximum Gasteiger partial charge on any atom is 0.279 e. The summed E-state index contributed by atoms with van der Waals surface area (Å²) in [5.74, 6) is -0.217. The second-order valence-electron chi connectivity index (χ2n) is 5.57. The molecule has 0 aliphatic carbocycles. The summed E-state index contributed by atoms with van der Waals surface area (Å²) in [5, 5.41) is 0. The van der Waals surface area contributed by atoms with Crippen molar-refractivity contribution >= 4 is 49.1 Å². The molecule has 1 aromatic heterocycles. The number of aromatic nitrogens is 1. The zero-order chi connectivity index (χ0) is 17.3. The summed E-state index contributed by atoms with van der Waals surface area (Å²) >= 11 is 5.12. The third-order valence-corrected chi connectivity index (χ3v) is 5.48. The lowest BCUT2D eigenvalue weighted by Crippen LogP contribution is -2.16. The number of benzene rings is 2. The number of carbonyl (C=O) groups is 1. The van der Waals surface area contributed by atoms with Gasteiger partial charge in [-0.3, -0.25) is 4.79 Å². The van der Waals surface area contributed by atoms with Crippen molar-refractivity contribution < 1.29 is 4.79 Å². The molecule has 0 saturated heterocycles. The van der Waals surface area contributed by atoms with Gasteiger partial charge < -0.3 is 9.47 Å². The lowest BCUT2D eigenvalue weighted by atomic mass is 10.2. The number of thiazole rings is 1. The minimum atomic E-state index is -0.217. The predicted molar refractivity (Wildman–Crippen MR) is 104 cm³/mol. The molecule has 2 aromatic carbocycles. The molecule has 0 atom stereocenters. The van der Waals surface area contributed by atoms with Crippen molar-refractivity contribution in [1.82, 2.24) is 4.57 Å². The van der Waals surface area contributed by atoms with Gasteiger partial charge in [0.1, 0.15) is 0 Å². The van der Waals surface area contributed by atoms with E-state index in [1.54, 1.807) is 0 Å². The van der Waals surface area contributed by atoms with Crippen molar-refractivity contribution in [2.75, 3.05) is 19.0 Å². The van der Waals surface area contributed by atoms with E-state index in [4.69, 9.17) is 0 Å². The Morgan fingerprint density at radius 3 is 2.54 bits per heavy atom. The fourth-order valence-electron chi connectivity index (χ4n) is 2.52. The van der Waals surface area contributed by atoms with Crippen LogP contribution in [0.5, 0.6) is 0 Å². The molecular formula is C18H18BrN3OS. The molecule has 0 fully saturated rings. The lowest BCUT2D eigenvalue weighted by Gasteiger charge is -2.11. The number of para-hydroxylation sites is 1. The summed E-state index contributed by atoms with van der Waals surface area (Å²) in [7, 11) is 3.95. The van der Waals surface area contributed by atoms with Crippen LogP contribution in [0.4, 0.5) is 5.69 Å². The first-order chi connectivity index (χ1) is 11.5. The molecule has 124 valence electrons. The summed E-state index contributed by atoms with van der Waals surface area (Å²) in [6.07, 6.45) is 0. The molecule has 6 heteroatoms. The van der Waals surface area contributed by atoms with Gasteiger partial charge in [0.15, 0.2) is 4.80 Å². The number of hydrogen-bond acceptors (Lipinski definition) is 3. The van der Waals surface area contributed by atoms with Crippen LogP contribution >= 0.6 is 27.3 Å². The minimum Gasteiger partial charge on any atom is -0.378 e. The Labute approximate surface area is 153 Å². The van der Waals surface area contributed by atoms with E-state index in [9.17, 15) is 4.79 Å². The molecule has 0 spiro atoms. The number of halogens is 1. The number of aryl methyl sites for hydroxylation is 1. The number of nitrogens with zero attached hydrogens (tertiary/aromatic N) is 3. The Hall–Kier alpha value is -1.92. The van der Waals surface area contributed by atoms with Crippen molar-refractivity contribution in [1.29, 1.82) is 0 Å². The molecule has 0 aliphatic heterocycles. The third kappa shape index (κ3) is 3.16. The molecule has 0 radical (unpaired) electrons. The Bertz CT molecular complexity index is 955. The van der Waals surface area contributed by atoms with E-state index in [1.807, 2.05) is 61.5 Å². The zero-order valence-electron chi connectivity index (χ0n) is 13.8. The molecule has 0 bridgehead atoms. The molecule has 1 heterocycles. The van der Waals surface area contributed by atoms with Gasteiger partial charge in [-0.2, -0.15) is 4.99 Å². The SMILES string of the molecule is CCn1c(=NC(=O)c2ccc(N(C)C)cc2)sc2cccc(Br)c21. The largest absolute Gasteiger partial charge is 0.378 e. The van der Waals surface area contributed by atoms with Gasteiger partial charge in [-0.15, -0.1) is 0 Å². The van der Waals surface area contributed by atoms with E-state index in [0.29, 0.717) is 5.56 Å². The van der Waals surface area contributed by atoms with Gasteiger partial charge in [0.25, 0.3) is 5.91 Å². The molecule has 0 unspecified atom stereocenters. The average molecular weight is 404 g/mol. The minimum absolute atomic E-state index is 0.217. The standard InChI is InChI=1S/C18H18BrN3OS/c1-4-22-16-14(19)6-5-7-15(16)24-18(22)20-17(23)12-8-10-13(11-9-12)21(2)3/h5-11H,4H2,1-3H3. The monoisotopic (exact) mass is 403 g/mol. The van der Waals surface area contributed by atoms with Crippen LogP contribution in [0.3, 0.4) is 0 Å². The van der Waals surface area contributed by atoms with Crippen molar-refractivity contribution in [2.24, 2.45) is 4.99 Å². The highest BCUT2D eigenvalue weighted by Crippen LogP contribution is 2.25. The van der Waals surface area contributed by atoms with E-state index in [-0.39, 0.29) is 5.91 Å². The van der Waals surface area contributed by atoms with Crippen LogP contribution in [0.2, 0.25) is 0 Å². The summed E-state index contributed by atoms with van der Waals surface area (Å²) in [4.78, 5) is 19.6. The highest BCUT2D eigenvalue weighted by molar-refractivity contribution is 9.10. The van der Waals surface area contributed by atoms with Gasteiger partial charge in [-0.05, 0) is 59.3 Å². The average Bonchev–Trinajstić information content (AvgIpc) is 2.93. The molecule has 4 nitrogen and oxygen atoms in total. The van der Waals surface area contributed by atoms with Gasteiger partial charge >= 0.3 is 0 Å². The first-order valence-corrected chi connectivity index (χ1v) is 9.26. The normalized spacial score (nSPS) is 11.9. The second kappa shape index (κ2) is 6.91. The first-order valence-electron chi connectivity index (χ1n) is 7.65. The summed E-state index contributed by atoms with van der Waals surface area (Å²) in [6.45, 7) is 2.81. The van der Waals surface area contributed by atoms with Gasteiger partial charge in [-0.25, -0.2) is 0 Å². The summed E-state index contributed by atoms with van der Waals surface area (Å²) in [5.41, 5.74) is 2.74. The Morgan fingerprint density at radius 1 is 1.21 bits per heavy atom. The Morgan fingerprint density at radius 2 is 1.92 bits per heavy atom. The quantitative estimate of drug-likeness (QED) is 0.653. The molecular weight excluding hydrogens is 386 g/mol. The lowest BCUT2D eigenvalue weighted by molar-refractivity contribution is 0.0998.